The minimum Gasteiger partial charge on any atom is -0.326 e. The second-order valence-corrected chi connectivity index (χ2v) is 6.51. The SMILES string of the molecule is CSc1ccccc1C(Br)c1ccc2c(c1)CC(=O)N2. The Labute approximate surface area is 131 Å². The highest BCUT2D eigenvalue weighted by molar-refractivity contribution is 9.09. The summed E-state index contributed by atoms with van der Waals surface area (Å²) in [6.45, 7) is 0. The number of alkyl halides is 1. The van der Waals surface area contributed by atoms with Gasteiger partial charge in [-0.15, -0.1) is 11.8 Å². The van der Waals surface area contributed by atoms with E-state index in [2.05, 4.69) is 63.9 Å². The first-order valence-corrected chi connectivity index (χ1v) is 8.52. The third-order valence-corrected chi connectivity index (χ3v) is 5.29. The van der Waals surface area contributed by atoms with Gasteiger partial charge in [0, 0.05) is 10.6 Å². The van der Waals surface area contributed by atoms with E-state index in [1.54, 1.807) is 11.8 Å². The van der Waals surface area contributed by atoms with Gasteiger partial charge in [-0.2, -0.15) is 0 Å². The fraction of sp³-hybridized carbons (Fsp3) is 0.188. The molecule has 4 heteroatoms. The van der Waals surface area contributed by atoms with Gasteiger partial charge in [0.25, 0.3) is 0 Å². The molecule has 2 aromatic rings. The van der Waals surface area contributed by atoms with Gasteiger partial charge in [-0.1, -0.05) is 46.3 Å². The Morgan fingerprint density at radius 1 is 1.25 bits per heavy atom. The van der Waals surface area contributed by atoms with Crippen molar-refractivity contribution in [1.29, 1.82) is 0 Å². The molecule has 0 radical (unpaired) electrons. The van der Waals surface area contributed by atoms with Crippen LogP contribution in [0.25, 0.3) is 0 Å². The van der Waals surface area contributed by atoms with Crippen LogP contribution in [0.2, 0.25) is 0 Å². The molecule has 1 atom stereocenters. The van der Waals surface area contributed by atoms with Crippen LogP contribution in [0, 0.1) is 0 Å². The molecular formula is C16H14BrNOS. The zero-order chi connectivity index (χ0) is 14.1. The molecular weight excluding hydrogens is 334 g/mol. The summed E-state index contributed by atoms with van der Waals surface area (Å²) < 4.78 is 0. The first-order chi connectivity index (χ1) is 9.69. The summed E-state index contributed by atoms with van der Waals surface area (Å²) in [5, 5.41) is 2.87. The maximum atomic E-state index is 11.4. The maximum Gasteiger partial charge on any atom is 0.228 e. The van der Waals surface area contributed by atoms with Crippen LogP contribution in [0.3, 0.4) is 0 Å². The smallest absolute Gasteiger partial charge is 0.228 e. The normalized spacial score (nSPS) is 14.8. The molecule has 2 nitrogen and oxygen atoms in total. The average Bonchev–Trinajstić information content (AvgIpc) is 2.85. The fourth-order valence-corrected chi connectivity index (χ4v) is 3.93. The van der Waals surface area contributed by atoms with E-state index >= 15 is 0 Å². The van der Waals surface area contributed by atoms with Gasteiger partial charge in [0.15, 0.2) is 0 Å². The van der Waals surface area contributed by atoms with E-state index in [1.165, 1.54) is 16.0 Å². The molecule has 102 valence electrons. The number of rotatable bonds is 3. The lowest BCUT2D eigenvalue weighted by Crippen LogP contribution is -2.03. The zero-order valence-corrected chi connectivity index (χ0v) is 13.4. The van der Waals surface area contributed by atoms with Crippen molar-refractivity contribution in [3.8, 4) is 0 Å². The quantitative estimate of drug-likeness (QED) is 0.659. The van der Waals surface area contributed by atoms with Gasteiger partial charge in [-0.3, -0.25) is 4.79 Å². The molecule has 1 unspecified atom stereocenters. The summed E-state index contributed by atoms with van der Waals surface area (Å²) >= 11 is 5.54. The molecule has 0 fully saturated rings. The predicted molar refractivity (Wildman–Crippen MR) is 87.8 cm³/mol. The van der Waals surface area contributed by atoms with Gasteiger partial charge < -0.3 is 5.32 Å². The number of carbonyl (C=O) groups is 1. The summed E-state index contributed by atoms with van der Waals surface area (Å²) in [6, 6.07) is 14.6. The number of fused-ring (bicyclic) bond motifs is 1. The molecule has 0 aliphatic carbocycles. The van der Waals surface area contributed by atoms with Crippen molar-refractivity contribution in [2.24, 2.45) is 0 Å². The Kier molecular flexibility index (Phi) is 3.85. The van der Waals surface area contributed by atoms with E-state index in [0.29, 0.717) is 6.42 Å². The molecule has 0 spiro atoms. The predicted octanol–water partition coefficient (Wildman–Crippen LogP) is 4.39. The molecule has 20 heavy (non-hydrogen) atoms. The largest absolute Gasteiger partial charge is 0.326 e. The molecule has 2 aromatic carbocycles. The first-order valence-electron chi connectivity index (χ1n) is 6.38. The Morgan fingerprint density at radius 2 is 2.05 bits per heavy atom. The Hall–Kier alpha value is -1.26. The third kappa shape index (κ3) is 2.50. The van der Waals surface area contributed by atoms with Crippen molar-refractivity contribution in [2.45, 2.75) is 16.1 Å². The highest BCUT2D eigenvalue weighted by atomic mass is 79.9. The van der Waals surface area contributed by atoms with Crippen molar-refractivity contribution in [3.63, 3.8) is 0 Å². The molecule has 3 rings (SSSR count). The number of amides is 1. The topological polar surface area (TPSA) is 29.1 Å². The van der Waals surface area contributed by atoms with Crippen molar-refractivity contribution in [2.75, 3.05) is 11.6 Å². The number of carbonyl (C=O) groups excluding carboxylic acids is 1. The van der Waals surface area contributed by atoms with E-state index < -0.39 is 0 Å². The lowest BCUT2D eigenvalue weighted by Gasteiger charge is -2.15. The third-order valence-electron chi connectivity index (χ3n) is 3.46. The van der Waals surface area contributed by atoms with Crippen molar-refractivity contribution in [1.82, 2.24) is 0 Å². The van der Waals surface area contributed by atoms with Crippen LogP contribution in [-0.4, -0.2) is 12.2 Å². The number of hydrogen-bond acceptors (Lipinski definition) is 2. The highest BCUT2D eigenvalue weighted by Crippen LogP contribution is 2.38. The second-order valence-electron chi connectivity index (χ2n) is 4.75. The Balaban J connectivity index is 1.97. The van der Waals surface area contributed by atoms with Crippen molar-refractivity contribution < 1.29 is 4.79 Å². The van der Waals surface area contributed by atoms with Crippen LogP contribution in [0.5, 0.6) is 0 Å². The van der Waals surface area contributed by atoms with E-state index in [-0.39, 0.29) is 10.7 Å². The number of anilines is 1. The van der Waals surface area contributed by atoms with Gasteiger partial charge in [-0.25, -0.2) is 0 Å². The van der Waals surface area contributed by atoms with Gasteiger partial charge in [-0.05, 0) is 35.1 Å². The van der Waals surface area contributed by atoms with E-state index in [4.69, 9.17) is 0 Å². The molecule has 0 saturated carbocycles. The van der Waals surface area contributed by atoms with Gasteiger partial charge >= 0.3 is 0 Å². The minimum atomic E-state index is 0.0767. The van der Waals surface area contributed by atoms with Crippen molar-refractivity contribution >= 4 is 39.3 Å². The Morgan fingerprint density at radius 3 is 2.85 bits per heavy atom. The number of hydrogen-bond donors (Lipinski definition) is 1. The number of thioether (sulfide) groups is 1. The van der Waals surface area contributed by atoms with E-state index in [9.17, 15) is 4.79 Å². The minimum absolute atomic E-state index is 0.0767. The number of benzene rings is 2. The van der Waals surface area contributed by atoms with Crippen LogP contribution in [0.4, 0.5) is 5.69 Å². The van der Waals surface area contributed by atoms with Gasteiger partial charge in [0.05, 0.1) is 11.2 Å². The first kappa shape index (κ1) is 13.7. The average molecular weight is 348 g/mol. The Bertz CT molecular complexity index is 671. The molecule has 0 aromatic heterocycles. The molecule has 0 saturated heterocycles. The van der Waals surface area contributed by atoms with Crippen LogP contribution in [0.1, 0.15) is 21.5 Å². The summed E-state index contributed by atoms with van der Waals surface area (Å²) in [5.41, 5.74) is 4.47. The van der Waals surface area contributed by atoms with Crippen LogP contribution >= 0.6 is 27.7 Å². The molecule has 1 N–H and O–H groups in total. The van der Waals surface area contributed by atoms with Gasteiger partial charge in [0.1, 0.15) is 0 Å². The zero-order valence-electron chi connectivity index (χ0n) is 11.0. The maximum absolute atomic E-state index is 11.4. The molecule has 1 heterocycles. The summed E-state index contributed by atoms with van der Waals surface area (Å²) in [5.74, 6) is 0.0767. The van der Waals surface area contributed by atoms with Crippen LogP contribution in [-0.2, 0) is 11.2 Å². The monoisotopic (exact) mass is 347 g/mol. The fourth-order valence-electron chi connectivity index (χ4n) is 2.46. The standard InChI is InChI=1S/C16H14BrNOS/c1-20-14-5-3-2-4-12(14)16(17)10-6-7-13-11(8-10)9-15(19)18-13/h2-8,16H,9H2,1H3,(H,18,19). The van der Waals surface area contributed by atoms with Crippen LogP contribution < -0.4 is 5.32 Å². The number of nitrogens with one attached hydrogen (secondary N) is 1. The van der Waals surface area contributed by atoms with E-state index in [0.717, 1.165) is 11.3 Å². The van der Waals surface area contributed by atoms with Gasteiger partial charge in [0.2, 0.25) is 5.91 Å². The molecule has 1 aliphatic rings. The highest BCUT2D eigenvalue weighted by Gasteiger charge is 2.20. The summed E-state index contributed by atoms with van der Waals surface area (Å²) in [7, 11) is 0. The van der Waals surface area contributed by atoms with E-state index in [1.807, 2.05) is 6.07 Å². The summed E-state index contributed by atoms with van der Waals surface area (Å²) in [4.78, 5) is 12.8. The second kappa shape index (κ2) is 5.62. The van der Waals surface area contributed by atoms with Crippen molar-refractivity contribution in [3.05, 3.63) is 59.2 Å². The lowest BCUT2D eigenvalue weighted by molar-refractivity contribution is -0.115. The number of halogens is 1. The summed E-state index contributed by atoms with van der Waals surface area (Å²) in [6.07, 6.45) is 2.57. The molecule has 1 amide bonds. The molecule has 0 bridgehead atoms. The lowest BCUT2D eigenvalue weighted by atomic mass is 10.0. The van der Waals surface area contributed by atoms with Crippen LogP contribution in [0.15, 0.2) is 47.4 Å². The molecule has 1 aliphatic heterocycles.